The molecule has 0 amide bonds. The van der Waals surface area contributed by atoms with Gasteiger partial charge in [0.2, 0.25) is 0 Å². The van der Waals surface area contributed by atoms with Gasteiger partial charge in [-0.15, -0.1) is 0 Å². The van der Waals surface area contributed by atoms with E-state index < -0.39 is 0 Å². The average Bonchev–Trinajstić information content (AvgIpc) is 2.72. The Hall–Kier alpha value is -0.860. The summed E-state index contributed by atoms with van der Waals surface area (Å²) in [4.78, 5) is 0. The van der Waals surface area contributed by atoms with E-state index >= 15 is 0 Å². The largest absolute Gasteiger partial charge is 0.372 e. The molecule has 2 nitrogen and oxygen atoms in total. The lowest BCUT2D eigenvalue weighted by atomic mass is 9.95. The van der Waals surface area contributed by atoms with Crippen LogP contribution in [0.5, 0.6) is 0 Å². The summed E-state index contributed by atoms with van der Waals surface area (Å²) in [5.41, 5.74) is 4.10. The number of hydrogen-bond acceptors (Lipinski definition) is 2. The van der Waals surface area contributed by atoms with Gasteiger partial charge in [-0.3, -0.25) is 0 Å². The molecule has 1 aromatic carbocycles. The Morgan fingerprint density at radius 3 is 2.69 bits per heavy atom. The van der Waals surface area contributed by atoms with Gasteiger partial charge in [0.1, 0.15) is 0 Å². The molecule has 0 fully saturated rings. The van der Waals surface area contributed by atoms with Crippen molar-refractivity contribution in [2.24, 2.45) is 5.92 Å². The lowest BCUT2D eigenvalue weighted by Gasteiger charge is -2.19. The Labute approximate surface area is 98.0 Å². The van der Waals surface area contributed by atoms with Crippen molar-refractivity contribution in [2.75, 3.05) is 7.05 Å². The number of fused-ring (bicyclic) bond motifs is 1. The van der Waals surface area contributed by atoms with E-state index in [2.05, 4.69) is 37.4 Å². The number of benzene rings is 1. The van der Waals surface area contributed by atoms with Crippen molar-refractivity contribution in [1.82, 2.24) is 5.32 Å². The number of hydrogen-bond donors (Lipinski definition) is 1. The molecule has 1 N–H and O–H groups in total. The Kier molecular flexibility index (Phi) is 3.62. The first kappa shape index (κ1) is 11.6. The minimum Gasteiger partial charge on any atom is -0.372 e. The Morgan fingerprint density at radius 2 is 2.00 bits per heavy atom. The molecule has 0 aliphatic carbocycles. The summed E-state index contributed by atoms with van der Waals surface area (Å²) >= 11 is 0. The van der Waals surface area contributed by atoms with Gasteiger partial charge in [0.25, 0.3) is 0 Å². The standard InChI is InChI=1S/C14H21NO/c1-10(2)6-14(15-3)11-4-5-12-8-16-9-13(12)7-11/h4-5,7,10,14-15H,6,8-9H2,1-3H3. The van der Waals surface area contributed by atoms with E-state index in [0.717, 1.165) is 13.2 Å². The van der Waals surface area contributed by atoms with Crippen molar-refractivity contribution >= 4 is 0 Å². The fraction of sp³-hybridized carbons (Fsp3) is 0.571. The zero-order valence-corrected chi connectivity index (χ0v) is 10.4. The summed E-state index contributed by atoms with van der Waals surface area (Å²) in [6.45, 7) is 6.09. The molecule has 1 heterocycles. The van der Waals surface area contributed by atoms with Gasteiger partial charge in [-0.25, -0.2) is 0 Å². The SMILES string of the molecule is CNC(CC(C)C)c1ccc2c(c1)COC2. The van der Waals surface area contributed by atoms with Crippen LogP contribution in [0, 0.1) is 5.92 Å². The zero-order valence-electron chi connectivity index (χ0n) is 10.4. The first-order chi connectivity index (χ1) is 7.70. The van der Waals surface area contributed by atoms with E-state index in [1.165, 1.54) is 23.1 Å². The van der Waals surface area contributed by atoms with Crippen LogP contribution in [0.15, 0.2) is 18.2 Å². The molecule has 16 heavy (non-hydrogen) atoms. The van der Waals surface area contributed by atoms with Crippen molar-refractivity contribution in [3.63, 3.8) is 0 Å². The van der Waals surface area contributed by atoms with Crippen molar-refractivity contribution in [3.05, 3.63) is 34.9 Å². The highest BCUT2D eigenvalue weighted by Crippen LogP contribution is 2.26. The van der Waals surface area contributed by atoms with Crippen molar-refractivity contribution in [2.45, 2.75) is 39.5 Å². The summed E-state index contributed by atoms with van der Waals surface area (Å²) in [7, 11) is 2.04. The summed E-state index contributed by atoms with van der Waals surface area (Å²) in [6.07, 6.45) is 1.18. The molecule has 2 rings (SSSR count). The van der Waals surface area contributed by atoms with Crippen molar-refractivity contribution in [1.29, 1.82) is 0 Å². The molecule has 0 bridgehead atoms. The molecular formula is C14H21NO. The smallest absolute Gasteiger partial charge is 0.0725 e. The van der Waals surface area contributed by atoms with Crippen molar-refractivity contribution < 1.29 is 4.74 Å². The van der Waals surface area contributed by atoms with Crippen LogP contribution >= 0.6 is 0 Å². The first-order valence-electron chi connectivity index (χ1n) is 6.07. The van der Waals surface area contributed by atoms with Gasteiger partial charge in [-0.05, 0) is 36.1 Å². The molecule has 0 radical (unpaired) electrons. The molecule has 1 atom stereocenters. The summed E-state index contributed by atoms with van der Waals surface area (Å²) in [6, 6.07) is 7.21. The van der Waals surface area contributed by atoms with Crippen LogP contribution < -0.4 is 5.32 Å². The molecule has 1 aliphatic rings. The van der Waals surface area contributed by atoms with Crippen LogP contribution in [-0.4, -0.2) is 7.05 Å². The van der Waals surface area contributed by atoms with Crippen LogP contribution in [0.1, 0.15) is 43.0 Å². The van der Waals surface area contributed by atoms with Crippen molar-refractivity contribution in [3.8, 4) is 0 Å². The second kappa shape index (κ2) is 4.98. The van der Waals surface area contributed by atoms with Gasteiger partial charge in [0.05, 0.1) is 13.2 Å². The third-order valence-corrected chi connectivity index (χ3v) is 3.20. The predicted molar refractivity (Wildman–Crippen MR) is 66.2 cm³/mol. The maximum Gasteiger partial charge on any atom is 0.0725 e. The molecular weight excluding hydrogens is 198 g/mol. The Balaban J connectivity index is 2.18. The van der Waals surface area contributed by atoms with Gasteiger partial charge in [-0.1, -0.05) is 32.0 Å². The quantitative estimate of drug-likeness (QED) is 0.840. The Morgan fingerprint density at radius 1 is 1.25 bits per heavy atom. The topological polar surface area (TPSA) is 21.3 Å². The van der Waals surface area contributed by atoms with E-state index in [1.54, 1.807) is 0 Å². The van der Waals surface area contributed by atoms with Gasteiger partial charge >= 0.3 is 0 Å². The van der Waals surface area contributed by atoms with Gasteiger partial charge < -0.3 is 10.1 Å². The maximum absolute atomic E-state index is 5.44. The summed E-state index contributed by atoms with van der Waals surface area (Å²) in [5.74, 6) is 0.710. The molecule has 0 saturated carbocycles. The Bertz CT molecular complexity index is 360. The number of nitrogens with one attached hydrogen (secondary N) is 1. The molecule has 0 spiro atoms. The fourth-order valence-corrected chi connectivity index (χ4v) is 2.30. The second-order valence-electron chi connectivity index (χ2n) is 4.99. The lowest BCUT2D eigenvalue weighted by molar-refractivity contribution is 0.134. The maximum atomic E-state index is 5.44. The molecule has 2 heteroatoms. The number of ether oxygens (including phenoxy) is 1. The second-order valence-corrected chi connectivity index (χ2v) is 4.99. The molecule has 1 unspecified atom stereocenters. The molecule has 1 aliphatic heterocycles. The summed E-state index contributed by atoms with van der Waals surface area (Å²) < 4.78 is 5.44. The fourth-order valence-electron chi connectivity index (χ4n) is 2.30. The monoisotopic (exact) mass is 219 g/mol. The zero-order chi connectivity index (χ0) is 11.5. The van der Waals surface area contributed by atoms with Crippen LogP contribution in [-0.2, 0) is 18.0 Å². The van der Waals surface area contributed by atoms with Crippen LogP contribution in [0.2, 0.25) is 0 Å². The highest BCUT2D eigenvalue weighted by Gasteiger charge is 2.16. The van der Waals surface area contributed by atoms with E-state index in [-0.39, 0.29) is 0 Å². The van der Waals surface area contributed by atoms with Crippen LogP contribution in [0.3, 0.4) is 0 Å². The van der Waals surface area contributed by atoms with E-state index in [4.69, 9.17) is 4.74 Å². The average molecular weight is 219 g/mol. The molecule has 88 valence electrons. The summed E-state index contributed by atoms with van der Waals surface area (Å²) in [5, 5.41) is 3.40. The van der Waals surface area contributed by atoms with Gasteiger partial charge in [0, 0.05) is 6.04 Å². The molecule has 0 saturated heterocycles. The van der Waals surface area contributed by atoms with Crippen LogP contribution in [0.4, 0.5) is 0 Å². The highest BCUT2D eigenvalue weighted by atomic mass is 16.5. The first-order valence-corrected chi connectivity index (χ1v) is 6.07. The van der Waals surface area contributed by atoms with E-state index in [9.17, 15) is 0 Å². The number of rotatable bonds is 4. The van der Waals surface area contributed by atoms with Gasteiger partial charge in [-0.2, -0.15) is 0 Å². The minimum atomic E-state index is 0.464. The normalized spacial score (nSPS) is 16.5. The van der Waals surface area contributed by atoms with Gasteiger partial charge in [0.15, 0.2) is 0 Å². The van der Waals surface area contributed by atoms with Crippen LogP contribution in [0.25, 0.3) is 0 Å². The van der Waals surface area contributed by atoms with E-state index in [1.807, 2.05) is 7.05 Å². The predicted octanol–water partition coefficient (Wildman–Crippen LogP) is 3.02. The van der Waals surface area contributed by atoms with E-state index in [0.29, 0.717) is 12.0 Å². The molecule has 1 aromatic rings. The molecule has 0 aromatic heterocycles. The third kappa shape index (κ3) is 2.45. The minimum absolute atomic E-state index is 0.464. The lowest BCUT2D eigenvalue weighted by Crippen LogP contribution is -2.18. The third-order valence-electron chi connectivity index (χ3n) is 3.20. The highest BCUT2D eigenvalue weighted by molar-refractivity contribution is 5.34.